The Morgan fingerprint density at radius 1 is 1.33 bits per heavy atom. The largest absolute Gasteiger partial charge is 0.397 e. The van der Waals surface area contributed by atoms with E-state index < -0.39 is 0 Å². The van der Waals surface area contributed by atoms with Crippen molar-refractivity contribution in [2.45, 2.75) is 38.3 Å². The Morgan fingerprint density at radius 2 is 2.17 bits per heavy atom. The molecule has 2 atom stereocenters. The van der Waals surface area contributed by atoms with Crippen molar-refractivity contribution in [1.82, 2.24) is 4.90 Å². The first-order chi connectivity index (χ1) is 8.65. The summed E-state index contributed by atoms with van der Waals surface area (Å²) in [7, 11) is 0. The van der Waals surface area contributed by atoms with Gasteiger partial charge in [0.15, 0.2) is 0 Å². The maximum Gasteiger partial charge on any atom is 0.128 e. The fourth-order valence-corrected chi connectivity index (χ4v) is 3.27. The second kappa shape index (κ2) is 4.43. The number of nitrogens with one attached hydrogen (secondary N) is 1. The Hall–Kier alpha value is -1.29. The summed E-state index contributed by atoms with van der Waals surface area (Å²) in [5, 5.41) is 3.52. The number of benzene rings is 1. The molecule has 0 aromatic heterocycles. The van der Waals surface area contributed by atoms with Crippen LogP contribution in [0, 0.1) is 12.7 Å². The summed E-state index contributed by atoms with van der Waals surface area (Å²) in [6.45, 7) is 4.17. The molecule has 3 rings (SSSR count). The fraction of sp³-hybridized carbons (Fsp3) is 0.571. The van der Waals surface area contributed by atoms with E-state index in [0.717, 1.165) is 12.1 Å². The molecule has 0 spiro atoms. The molecule has 1 aromatic carbocycles. The van der Waals surface area contributed by atoms with Gasteiger partial charge in [0.1, 0.15) is 5.82 Å². The Balaban J connectivity index is 1.78. The highest BCUT2D eigenvalue weighted by molar-refractivity contribution is 5.67. The molecular weight excluding hydrogens is 229 g/mol. The van der Waals surface area contributed by atoms with Crippen molar-refractivity contribution in [1.29, 1.82) is 0 Å². The van der Waals surface area contributed by atoms with Gasteiger partial charge in [-0.1, -0.05) is 0 Å². The van der Waals surface area contributed by atoms with Crippen LogP contribution < -0.4 is 11.1 Å². The number of nitrogens with two attached hydrogens (primary N) is 1. The molecule has 3 nitrogen and oxygen atoms in total. The van der Waals surface area contributed by atoms with E-state index in [1.807, 2.05) is 6.07 Å². The molecule has 0 amide bonds. The molecule has 2 unspecified atom stereocenters. The molecular formula is C14H20FN3. The van der Waals surface area contributed by atoms with Crippen LogP contribution in [0.15, 0.2) is 12.1 Å². The molecule has 2 aliphatic rings. The van der Waals surface area contributed by atoms with Crippen LogP contribution >= 0.6 is 0 Å². The maximum atomic E-state index is 13.4. The third-order valence-corrected chi connectivity index (χ3v) is 4.28. The highest BCUT2D eigenvalue weighted by Gasteiger charge is 2.37. The molecule has 2 saturated heterocycles. The Labute approximate surface area is 107 Å². The number of hydrogen-bond donors (Lipinski definition) is 2. The monoisotopic (exact) mass is 249 g/mol. The molecule has 3 N–H and O–H groups in total. The molecule has 0 saturated carbocycles. The lowest BCUT2D eigenvalue weighted by Crippen LogP contribution is -2.34. The first-order valence-electron chi connectivity index (χ1n) is 6.71. The van der Waals surface area contributed by atoms with Crippen LogP contribution in [0.25, 0.3) is 0 Å². The van der Waals surface area contributed by atoms with Crippen LogP contribution in [-0.2, 0) is 0 Å². The lowest BCUT2D eigenvalue weighted by molar-refractivity contribution is 0.318. The SMILES string of the molecule is Cc1cc(NC2CCN3CCCC23)c(N)cc1F. The van der Waals surface area contributed by atoms with Crippen LogP contribution in [0.4, 0.5) is 15.8 Å². The van der Waals surface area contributed by atoms with Gasteiger partial charge in [0.2, 0.25) is 0 Å². The van der Waals surface area contributed by atoms with Crippen molar-refractivity contribution in [2.75, 3.05) is 24.1 Å². The quantitative estimate of drug-likeness (QED) is 0.791. The number of nitrogens with zero attached hydrogens (tertiary/aromatic N) is 1. The lowest BCUT2D eigenvalue weighted by atomic mass is 10.1. The van der Waals surface area contributed by atoms with E-state index in [0.29, 0.717) is 23.3 Å². The third-order valence-electron chi connectivity index (χ3n) is 4.28. The summed E-state index contributed by atoms with van der Waals surface area (Å²) >= 11 is 0. The molecule has 2 aliphatic heterocycles. The number of anilines is 2. The summed E-state index contributed by atoms with van der Waals surface area (Å²) < 4.78 is 13.4. The van der Waals surface area contributed by atoms with Crippen molar-refractivity contribution < 1.29 is 4.39 Å². The molecule has 18 heavy (non-hydrogen) atoms. The summed E-state index contributed by atoms with van der Waals surface area (Å²) in [4.78, 5) is 2.55. The number of nitrogen functional groups attached to an aromatic ring is 1. The van der Waals surface area contributed by atoms with Crippen molar-refractivity contribution in [3.05, 3.63) is 23.5 Å². The second-order valence-corrected chi connectivity index (χ2v) is 5.47. The van der Waals surface area contributed by atoms with Gasteiger partial charge in [0.05, 0.1) is 11.4 Å². The molecule has 2 heterocycles. The van der Waals surface area contributed by atoms with Crippen molar-refractivity contribution in [2.24, 2.45) is 0 Å². The Kier molecular flexibility index (Phi) is 2.90. The normalized spacial score (nSPS) is 27.4. The fourth-order valence-electron chi connectivity index (χ4n) is 3.27. The van der Waals surface area contributed by atoms with Gasteiger partial charge < -0.3 is 11.1 Å². The van der Waals surface area contributed by atoms with Crippen LogP contribution in [0.1, 0.15) is 24.8 Å². The number of halogens is 1. The highest BCUT2D eigenvalue weighted by atomic mass is 19.1. The van der Waals surface area contributed by atoms with Crippen molar-refractivity contribution >= 4 is 11.4 Å². The summed E-state index contributed by atoms with van der Waals surface area (Å²) in [6, 6.07) is 4.33. The zero-order valence-electron chi connectivity index (χ0n) is 10.7. The van der Waals surface area contributed by atoms with E-state index in [9.17, 15) is 4.39 Å². The van der Waals surface area contributed by atoms with Gasteiger partial charge in [0.25, 0.3) is 0 Å². The third kappa shape index (κ3) is 1.94. The number of aryl methyl sites for hydroxylation is 1. The predicted molar refractivity (Wildman–Crippen MR) is 72.2 cm³/mol. The average molecular weight is 249 g/mol. The minimum atomic E-state index is -0.230. The van der Waals surface area contributed by atoms with Crippen LogP contribution in [0.2, 0.25) is 0 Å². The van der Waals surface area contributed by atoms with E-state index >= 15 is 0 Å². The van der Waals surface area contributed by atoms with E-state index in [1.54, 1.807) is 6.92 Å². The second-order valence-electron chi connectivity index (χ2n) is 5.47. The smallest absolute Gasteiger partial charge is 0.128 e. The highest BCUT2D eigenvalue weighted by Crippen LogP contribution is 2.32. The zero-order chi connectivity index (χ0) is 12.7. The molecule has 0 bridgehead atoms. The molecule has 1 aromatic rings. The first-order valence-corrected chi connectivity index (χ1v) is 6.71. The van der Waals surface area contributed by atoms with Crippen LogP contribution in [0.5, 0.6) is 0 Å². The van der Waals surface area contributed by atoms with Gasteiger partial charge >= 0.3 is 0 Å². The van der Waals surface area contributed by atoms with Crippen molar-refractivity contribution in [3.63, 3.8) is 0 Å². The van der Waals surface area contributed by atoms with Crippen LogP contribution in [-0.4, -0.2) is 30.1 Å². The minimum absolute atomic E-state index is 0.230. The van der Waals surface area contributed by atoms with E-state index in [-0.39, 0.29) is 5.82 Å². The Morgan fingerprint density at radius 3 is 3.00 bits per heavy atom. The maximum absolute atomic E-state index is 13.4. The molecule has 2 fully saturated rings. The summed E-state index contributed by atoms with van der Waals surface area (Å²) in [5.74, 6) is -0.230. The van der Waals surface area contributed by atoms with E-state index in [2.05, 4.69) is 10.2 Å². The van der Waals surface area contributed by atoms with Gasteiger partial charge in [-0.25, -0.2) is 4.39 Å². The predicted octanol–water partition coefficient (Wildman–Crippen LogP) is 2.36. The molecule has 98 valence electrons. The van der Waals surface area contributed by atoms with E-state index in [1.165, 1.54) is 32.0 Å². The zero-order valence-corrected chi connectivity index (χ0v) is 10.7. The van der Waals surface area contributed by atoms with Gasteiger partial charge in [-0.2, -0.15) is 0 Å². The van der Waals surface area contributed by atoms with Crippen LogP contribution in [0.3, 0.4) is 0 Å². The topological polar surface area (TPSA) is 41.3 Å². The number of rotatable bonds is 2. The molecule has 0 radical (unpaired) electrons. The molecule has 0 aliphatic carbocycles. The van der Waals surface area contributed by atoms with Gasteiger partial charge in [-0.05, 0) is 50.4 Å². The summed E-state index contributed by atoms with van der Waals surface area (Å²) in [5.41, 5.74) is 7.93. The Bertz CT molecular complexity index is 461. The average Bonchev–Trinajstić information content (AvgIpc) is 2.90. The molecule has 4 heteroatoms. The minimum Gasteiger partial charge on any atom is -0.397 e. The first kappa shape index (κ1) is 11.8. The van der Waals surface area contributed by atoms with Gasteiger partial charge in [0, 0.05) is 18.6 Å². The number of hydrogen-bond acceptors (Lipinski definition) is 3. The number of fused-ring (bicyclic) bond motifs is 1. The van der Waals surface area contributed by atoms with Gasteiger partial charge in [-0.3, -0.25) is 4.90 Å². The summed E-state index contributed by atoms with van der Waals surface area (Å²) in [6.07, 6.45) is 3.71. The van der Waals surface area contributed by atoms with E-state index in [4.69, 9.17) is 5.73 Å². The van der Waals surface area contributed by atoms with Crippen molar-refractivity contribution in [3.8, 4) is 0 Å². The lowest BCUT2D eigenvalue weighted by Gasteiger charge is -2.23. The standard InChI is InChI=1S/C14H20FN3/c1-9-7-13(11(16)8-10(9)15)17-12-4-6-18-5-2-3-14(12)18/h7-8,12,14,17H,2-6,16H2,1H3. The van der Waals surface area contributed by atoms with Gasteiger partial charge in [-0.15, -0.1) is 0 Å².